The summed E-state index contributed by atoms with van der Waals surface area (Å²) in [5, 5.41) is 68.5. The summed E-state index contributed by atoms with van der Waals surface area (Å²) in [6, 6.07) is 29.6. The fraction of sp³-hybridized carbons (Fsp3) is 0.100. The van der Waals surface area contributed by atoms with E-state index in [4.69, 9.17) is 15.1 Å². The smallest absolute Gasteiger partial charge is 0.294 e. The molecule has 6 N–H and O–H groups in total. The number of benzene rings is 7. The van der Waals surface area contributed by atoms with E-state index >= 15 is 0 Å². The lowest BCUT2D eigenvalue weighted by Gasteiger charge is -2.12. The Balaban J connectivity index is 1.19. The van der Waals surface area contributed by atoms with Crippen molar-refractivity contribution in [2.75, 3.05) is 17.6 Å². The molecule has 0 fully saturated rings. The Hall–Kier alpha value is -6.00. The number of hydrogen-bond donors (Lipinski definition) is 6. The molecule has 0 aliphatic rings. The highest BCUT2D eigenvalue weighted by Gasteiger charge is 2.18. The van der Waals surface area contributed by atoms with Gasteiger partial charge < -0.3 is 10.4 Å². The number of phenols is 1. The van der Waals surface area contributed by atoms with Crippen molar-refractivity contribution >= 4 is 116 Å². The van der Waals surface area contributed by atoms with Gasteiger partial charge in [0.25, 0.3) is 20.2 Å². The minimum atomic E-state index is -4.67. The summed E-state index contributed by atoms with van der Waals surface area (Å²) < 4.78 is 75.0. The van der Waals surface area contributed by atoms with Crippen LogP contribution < -0.4 is 5.32 Å². The second-order valence-corrected chi connectivity index (χ2v) is 17.9. The van der Waals surface area contributed by atoms with Crippen molar-refractivity contribution in [1.82, 2.24) is 0 Å². The van der Waals surface area contributed by atoms with Crippen LogP contribution in [0.5, 0.6) is 5.75 Å². The average molecular weight is 948 g/mol. The number of hydrogen-bond acceptors (Lipinski definition) is 20. The third-order valence-corrected chi connectivity index (χ3v) is 12.1. The van der Waals surface area contributed by atoms with Crippen molar-refractivity contribution in [2.24, 2.45) is 30.7 Å². The van der Waals surface area contributed by atoms with Crippen molar-refractivity contribution in [3.63, 3.8) is 0 Å². The van der Waals surface area contributed by atoms with Gasteiger partial charge in [-0.05, 0) is 113 Å². The monoisotopic (exact) mass is 947 g/mol. The molecule has 0 bridgehead atoms. The van der Waals surface area contributed by atoms with Gasteiger partial charge in [-0.1, -0.05) is 41.3 Å². The summed E-state index contributed by atoms with van der Waals surface area (Å²) in [7, 11) is -8.90. The van der Waals surface area contributed by atoms with Gasteiger partial charge >= 0.3 is 0 Å². The van der Waals surface area contributed by atoms with Crippen LogP contribution in [0.3, 0.4) is 0 Å². The normalized spacial score (nSPS) is 12.5. The molecule has 0 heterocycles. The molecule has 0 saturated heterocycles. The summed E-state index contributed by atoms with van der Waals surface area (Å²) in [6.07, 6.45) is 0.564. The number of fused-ring (bicyclic) bond motifs is 3. The summed E-state index contributed by atoms with van der Waals surface area (Å²) in [5.74, 6) is -0.961. The number of phenolic OH excluding ortho intramolecular Hbond substituents is 1. The lowest BCUT2D eigenvalue weighted by molar-refractivity contribution is -0.432. The van der Waals surface area contributed by atoms with Crippen molar-refractivity contribution in [3.8, 4) is 5.75 Å². The molecule has 0 radical (unpaired) electrons. The fourth-order valence-corrected chi connectivity index (χ4v) is 8.11. The quantitative estimate of drug-likeness (QED) is 0.0153. The predicted octanol–water partition coefficient (Wildman–Crippen LogP) is 12.1. The zero-order chi connectivity index (χ0) is 45.4. The van der Waals surface area contributed by atoms with Gasteiger partial charge in [-0.2, -0.15) is 32.2 Å². The molecule has 64 heavy (non-hydrogen) atoms. The molecule has 7 aromatic carbocycles. The van der Waals surface area contributed by atoms with Gasteiger partial charge in [-0.3, -0.25) is 9.11 Å². The summed E-state index contributed by atoms with van der Waals surface area (Å²) in [6.45, 7) is 1.81. The molecule has 0 unspecified atom stereocenters. The van der Waals surface area contributed by atoms with Gasteiger partial charge in [0.05, 0.1) is 68.1 Å². The van der Waals surface area contributed by atoms with E-state index in [0.29, 0.717) is 62.6 Å². The molecule has 0 aliphatic carbocycles. The van der Waals surface area contributed by atoms with E-state index in [-0.39, 0.29) is 33.6 Å². The first kappa shape index (κ1) is 46.0. The van der Waals surface area contributed by atoms with Crippen LogP contribution in [-0.2, 0) is 45.4 Å². The Labute approximate surface area is 371 Å². The van der Waals surface area contributed by atoms with Gasteiger partial charge in [-0.15, -0.1) is 24.0 Å². The van der Waals surface area contributed by atoms with Gasteiger partial charge in [0.1, 0.15) is 5.69 Å². The van der Waals surface area contributed by atoms with Crippen LogP contribution in [0.2, 0.25) is 0 Å². The van der Waals surface area contributed by atoms with Crippen molar-refractivity contribution < 1.29 is 60.3 Å². The maximum absolute atomic E-state index is 12.2. The van der Waals surface area contributed by atoms with E-state index in [9.17, 15) is 26.5 Å². The molecule has 0 spiro atoms. The van der Waals surface area contributed by atoms with Gasteiger partial charge in [-0.25, -0.2) is 10.5 Å². The minimum absolute atomic E-state index is 0.0925. The Morgan fingerprint density at radius 1 is 0.609 bits per heavy atom. The summed E-state index contributed by atoms with van der Waals surface area (Å²) >= 11 is 1.34. The summed E-state index contributed by atoms with van der Waals surface area (Å²) in [5.41, 5.74) is 3.14. The Bertz CT molecular complexity index is 3210. The maximum Gasteiger partial charge on any atom is 0.294 e. The Morgan fingerprint density at radius 3 is 2.00 bits per heavy atom. The Morgan fingerprint density at radius 2 is 1.27 bits per heavy atom. The van der Waals surface area contributed by atoms with Gasteiger partial charge in [0.2, 0.25) is 0 Å². The van der Waals surface area contributed by atoms with E-state index in [0.717, 1.165) is 28.4 Å². The van der Waals surface area contributed by atoms with E-state index in [1.54, 1.807) is 36.4 Å². The van der Waals surface area contributed by atoms with Crippen molar-refractivity contribution in [1.29, 1.82) is 0 Å². The lowest BCUT2D eigenvalue weighted by atomic mass is 10.1. The molecular formula is C40H33N7O13S4. The third-order valence-electron chi connectivity index (χ3n) is 9.34. The standard InChI is InChI=1S/C40H33N7O13S4/c1-2-23-17-29(43-42-28-7-3-24-5-9-30(61-59-57-49)19-26(24)18-28)8-12-35(23)44-45-36-13-14-37(34-22-31(64(54,55)56)10-11-32(34)36)46-47-39-38(62-60-58-50)20-25-4-6-27(21-33(25)40(39)48)41-15-16-63(51,52)53/h3-14,17-22,41,48-50H,2,15-16H2,1H3,(H,51,52,53)(H,54,55,56). The second-order valence-electron chi connectivity index (χ2n) is 13.4. The molecule has 330 valence electrons. The number of anilines is 1. The minimum Gasteiger partial charge on any atom is -0.505 e. The van der Waals surface area contributed by atoms with Crippen LogP contribution in [0, 0.1) is 0 Å². The van der Waals surface area contributed by atoms with E-state index < -0.39 is 36.6 Å². The molecule has 7 aromatic rings. The lowest BCUT2D eigenvalue weighted by Crippen LogP contribution is -2.14. The molecule has 0 atom stereocenters. The molecule has 20 nitrogen and oxygen atoms in total. The number of aryl methyl sites for hydroxylation is 1. The zero-order valence-corrected chi connectivity index (χ0v) is 36.1. The molecule has 7 rings (SSSR count). The van der Waals surface area contributed by atoms with E-state index in [1.165, 1.54) is 30.3 Å². The van der Waals surface area contributed by atoms with E-state index in [2.05, 4.69) is 54.7 Å². The first-order valence-corrected chi connectivity index (χ1v) is 23.0. The number of rotatable bonds is 18. The molecule has 0 saturated carbocycles. The molecule has 0 aliphatic heterocycles. The highest BCUT2D eigenvalue weighted by atomic mass is 32.2. The molecule has 0 amide bonds. The highest BCUT2D eigenvalue weighted by Crippen LogP contribution is 2.46. The zero-order valence-electron chi connectivity index (χ0n) is 32.8. The first-order valence-electron chi connectivity index (χ1n) is 18.5. The van der Waals surface area contributed by atoms with Crippen LogP contribution in [0.25, 0.3) is 32.3 Å². The third kappa shape index (κ3) is 11.4. The molecule has 24 heteroatoms. The average Bonchev–Trinajstić information content (AvgIpc) is 3.27. The number of azo groups is 3. The van der Waals surface area contributed by atoms with Crippen LogP contribution in [0.1, 0.15) is 12.5 Å². The molecule has 0 aromatic heterocycles. The maximum atomic E-state index is 12.2. The van der Waals surface area contributed by atoms with Crippen molar-refractivity contribution in [3.05, 3.63) is 115 Å². The largest absolute Gasteiger partial charge is 0.505 e. The van der Waals surface area contributed by atoms with Crippen molar-refractivity contribution in [2.45, 2.75) is 28.0 Å². The second kappa shape index (κ2) is 20.2. The van der Waals surface area contributed by atoms with Crippen LogP contribution in [-0.4, -0.2) is 53.9 Å². The van der Waals surface area contributed by atoms with Gasteiger partial charge in [0, 0.05) is 33.3 Å². The Kier molecular flexibility index (Phi) is 14.5. The first-order chi connectivity index (χ1) is 30.7. The number of aromatic hydroxyl groups is 1. The topological polar surface area (TPSA) is 293 Å². The van der Waals surface area contributed by atoms with Crippen LogP contribution >= 0.6 is 24.1 Å². The van der Waals surface area contributed by atoms with Gasteiger partial charge in [0.15, 0.2) is 5.75 Å². The number of nitrogens with zero attached hydrogens (tertiary/aromatic N) is 6. The van der Waals surface area contributed by atoms with Crippen LogP contribution in [0.15, 0.2) is 155 Å². The fourth-order valence-electron chi connectivity index (χ4n) is 6.34. The summed E-state index contributed by atoms with van der Waals surface area (Å²) in [4.78, 5) is 0.392. The van der Waals surface area contributed by atoms with E-state index in [1.807, 2.05) is 49.4 Å². The highest BCUT2D eigenvalue weighted by molar-refractivity contribution is 7.95. The van der Waals surface area contributed by atoms with Crippen LogP contribution in [0.4, 0.5) is 39.8 Å². The molecular weight excluding hydrogens is 915 g/mol. The number of nitrogens with one attached hydrogen (secondary N) is 1. The predicted molar refractivity (Wildman–Crippen MR) is 238 cm³/mol. The SMILES string of the molecule is CCc1cc(N=Nc2ccc3ccc(SOOO)cc3c2)ccc1N=Nc1ccc(N=Nc2c(SOOO)cc3ccc(NCCS(=O)(=O)O)cc3c2O)c2cc(S(=O)(=O)O)ccc12.